The summed E-state index contributed by atoms with van der Waals surface area (Å²) >= 11 is 5.83. The zero-order valence-electron chi connectivity index (χ0n) is 6.45. The molecular formula is C7H8ClN3O. The highest BCUT2D eigenvalue weighted by Gasteiger charge is 2.25. The minimum absolute atomic E-state index is 0.402. The average Bonchev–Trinajstić information content (AvgIpc) is 2.29. The van der Waals surface area contributed by atoms with Gasteiger partial charge in [0.2, 0.25) is 6.35 Å². The van der Waals surface area contributed by atoms with Gasteiger partial charge < -0.3 is 15.3 Å². The summed E-state index contributed by atoms with van der Waals surface area (Å²) in [6.07, 6.45) is 0.891. The molecule has 0 saturated carbocycles. The molecule has 0 spiro atoms. The van der Waals surface area contributed by atoms with Crippen LogP contribution in [0.5, 0.6) is 0 Å². The lowest BCUT2D eigenvalue weighted by Crippen LogP contribution is -2.31. The molecule has 0 saturated heterocycles. The molecule has 2 N–H and O–H groups in total. The van der Waals surface area contributed by atoms with Crippen LogP contribution in [0.2, 0.25) is 5.15 Å². The summed E-state index contributed by atoms with van der Waals surface area (Å²) in [5.41, 5.74) is 1.55. The number of halogens is 1. The molecule has 64 valence electrons. The van der Waals surface area contributed by atoms with Crippen LogP contribution in [0.15, 0.2) is 12.3 Å². The molecule has 12 heavy (non-hydrogen) atoms. The van der Waals surface area contributed by atoms with Gasteiger partial charge in [0, 0.05) is 13.2 Å². The predicted molar refractivity (Wildman–Crippen MR) is 47.3 cm³/mol. The van der Waals surface area contributed by atoms with E-state index < -0.39 is 6.35 Å². The second-order valence-electron chi connectivity index (χ2n) is 2.63. The quantitative estimate of drug-likeness (QED) is 0.589. The Morgan fingerprint density at radius 3 is 3.17 bits per heavy atom. The molecule has 1 aliphatic rings. The lowest BCUT2D eigenvalue weighted by molar-refractivity contribution is 0.210. The molecule has 4 nitrogen and oxygen atoms in total. The number of fused-ring (bicyclic) bond motifs is 1. The van der Waals surface area contributed by atoms with E-state index in [1.165, 1.54) is 0 Å². The number of hydrogen-bond donors (Lipinski definition) is 2. The number of nitrogens with zero attached hydrogens (tertiary/aromatic N) is 2. The maximum atomic E-state index is 9.37. The monoisotopic (exact) mass is 185 g/mol. The number of pyridine rings is 1. The molecule has 0 aromatic carbocycles. The molecule has 5 heteroatoms. The second kappa shape index (κ2) is 2.50. The number of aliphatic hydroxyl groups excluding tert-OH is 1. The molecule has 1 aromatic rings. The van der Waals surface area contributed by atoms with Gasteiger partial charge in [-0.3, -0.25) is 0 Å². The maximum absolute atomic E-state index is 9.37. The zero-order valence-corrected chi connectivity index (χ0v) is 7.21. The fourth-order valence-electron chi connectivity index (χ4n) is 1.24. The van der Waals surface area contributed by atoms with Crippen LogP contribution in [-0.2, 0) is 0 Å². The molecule has 1 aromatic heterocycles. The molecule has 2 heterocycles. The van der Waals surface area contributed by atoms with Gasteiger partial charge in [-0.05, 0) is 6.07 Å². The smallest absolute Gasteiger partial charge is 0.205 e. The lowest BCUT2D eigenvalue weighted by Gasteiger charge is -2.15. The summed E-state index contributed by atoms with van der Waals surface area (Å²) in [4.78, 5) is 5.54. The van der Waals surface area contributed by atoms with Crippen LogP contribution in [0.3, 0.4) is 0 Å². The van der Waals surface area contributed by atoms with Crippen molar-refractivity contribution in [1.29, 1.82) is 0 Å². The van der Waals surface area contributed by atoms with Crippen molar-refractivity contribution in [2.45, 2.75) is 6.35 Å². The van der Waals surface area contributed by atoms with Gasteiger partial charge in [0.1, 0.15) is 5.69 Å². The van der Waals surface area contributed by atoms with Gasteiger partial charge in [-0.2, -0.15) is 0 Å². The van der Waals surface area contributed by atoms with Crippen molar-refractivity contribution in [2.75, 3.05) is 17.3 Å². The molecule has 0 aliphatic carbocycles. The lowest BCUT2D eigenvalue weighted by atomic mass is 10.3. The Bertz CT molecular complexity index is 318. The van der Waals surface area contributed by atoms with E-state index >= 15 is 0 Å². The first kappa shape index (κ1) is 7.64. The van der Waals surface area contributed by atoms with E-state index in [1.807, 2.05) is 0 Å². The van der Waals surface area contributed by atoms with Gasteiger partial charge in [0.15, 0.2) is 5.15 Å². The minimum Gasteiger partial charge on any atom is -0.356 e. The minimum atomic E-state index is -0.707. The Morgan fingerprint density at radius 2 is 2.50 bits per heavy atom. The third-order valence-electron chi connectivity index (χ3n) is 1.88. The summed E-state index contributed by atoms with van der Waals surface area (Å²) in [5, 5.41) is 12.6. The highest BCUT2D eigenvalue weighted by Crippen LogP contribution is 2.36. The molecular weight excluding hydrogens is 178 g/mol. The van der Waals surface area contributed by atoms with Crippen LogP contribution < -0.4 is 10.2 Å². The Labute approximate surface area is 74.8 Å². The summed E-state index contributed by atoms with van der Waals surface area (Å²) in [5.74, 6) is 0. The van der Waals surface area contributed by atoms with Gasteiger partial charge in [0.25, 0.3) is 0 Å². The van der Waals surface area contributed by atoms with E-state index in [4.69, 9.17) is 11.6 Å². The third-order valence-corrected chi connectivity index (χ3v) is 2.16. The van der Waals surface area contributed by atoms with Crippen molar-refractivity contribution in [3.05, 3.63) is 17.4 Å². The van der Waals surface area contributed by atoms with Crippen molar-refractivity contribution < 1.29 is 5.11 Å². The molecule has 0 bridgehead atoms. The molecule has 2 rings (SSSR count). The molecule has 0 radical (unpaired) electrons. The van der Waals surface area contributed by atoms with Crippen LogP contribution in [0.25, 0.3) is 0 Å². The Kier molecular flexibility index (Phi) is 1.59. The van der Waals surface area contributed by atoms with Gasteiger partial charge in [-0.25, -0.2) is 4.98 Å². The molecule has 1 unspecified atom stereocenters. The highest BCUT2D eigenvalue weighted by molar-refractivity contribution is 6.32. The largest absolute Gasteiger partial charge is 0.356 e. The molecule has 0 fully saturated rings. The van der Waals surface area contributed by atoms with E-state index in [0.29, 0.717) is 5.15 Å². The first-order chi connectivity index (χ1) is 5.70. The fraction of sp³-hybridized carbons (Fsp3) is 0.286. The van der Waals surface area contributed by atoms with Crippen molar-refractivity contribution in [3.63, 3.8) is 0 Å². The second-order valence-corrected chi connectivity index (χ2v) is 2.98. The highest BCUT2D eigenvalue weighted by atomic mass is 35.5. The van der Waals surface area contributed by atoms with Gasteiger partial charge >= 0.3 is 0 Å². The van der Waals surface area contributed by atoms with Crippen molar-refractivity contribution in [3.8, 4) is 0 Å². The van der Waals surface area contributed by atoms with Gasteiger partial charge in [-0.1, -0.05) is 11.6 Å². The summed E-state index contributed by atoms with van der Waals surface area (Å²) in [6.45, 7) is 0. The number of rotatable bonds is 0. The van der Waals surface area contributed by atoms with E-state index in [9.17, 15) is 5.11 Å². The van der Waals surface area contributed by atoms with E-state index in [0.717, 1.165) is 11.4 Å². The Morgan fingerprint density at radius 1 is 1.75 bits per heavy atom. The van der Waals surface area contributed by atoms with Gasteiger partial charge in [-0.15, -0.1) is 0 Å². The van der Waals surface area contributed by atoms with E-state index in [1.54, 1.807) is 24.2 Å². The first-order valence-corrected chi connectivity index (χ1v) is 3.90. The van der Waals surface area contributed by atoms with Crippen molar-refractivity contribution >= 4 is 23.0 Å². The number of aromatic nitrogens is 1. The number of anilines is 2. The zero-order chi connectivity index (χ0) is 8.72. The Hall–Kier alpha value is -1.00. The normalized spacial score (nSPS) is 20.6. The van der Waals surface area contributed by atoms with E-state index in [2.05, 4.69) is 10.3 Å². The van der Waals surface area contributed by atoms with Gasteiger partial charge in [0.05, 0.1) is 5.69 Å². The summed E-state index contributed by atoms with van der Waals surface area (Å²) in [6, 6.07) is 1.77. The van der Waals surface area contributed by atoms with Crippen LogP contribution in [0.4, 0.5) is 11.4 Å². The summed E-state index contributed by atoms with van der Waals surface area (Å²) in [7, 11) is 1.75. The van der Waals surface area contributed by atoms with Crippen molar-refractivity contribution in [2.24, 2.45) is 0 Å². The van der Waals surface area contributed by atoms with Crippen molar-refractivity contribution in [1.82, 2.24) is 4.98 Å². The summed E-state index contributed by atoms with van der Waals surface area (Å²) < 4.78 is 0. The maximum Gasteiger partial charge on any atom is 0.205 e. The first-order valence-electron chi connectivity index (χ1n) is 3.52. The molecule has 1 aliphatic heterocycles. The Balaban J connectivity index is 2.55. The third kappa shape index (κ3) is 0.922. The predicted octanol–water partition coefficient (Wildman–Crippen LogP) is 0.873. The molecule has 0 amide bonds. The number of nitrogens with one attached hydrogen (secondary N) is 1. The van der Waals surface area contributed by atoms with E-state index in [-0.39, 0.29) is 0 Å². The van der Waals surface area contributed by atoms with Crippen LogP contribution in [0, 0.1) is 0 Å². The standard InChI is InChI=1S/C7H8ClN3O/c1-11-5-4(10-7(11)12)2-3-9-6(5)8/h2-3,7,10,12H,1H3. The number of hydrogen-bond acceptors (Lipinski definition) is 4. The topological polar surface area (TPSA) is 48.4 Å². The van der Waals surface area contributed by atoms with Crippen LogP contribution >= 0.6 is 11.6 Å². The SMILES string of the molecule is CN1c2c(ccnc2Cl)NC1O. The number of aliphatic hydroxyl groups is 1. The van der Waals surface area contributed by atoms with Crippen LogP contribution in [-0.4, -0.2) is 23.5 Å². The fourth-order valence-corrected chi connectivity index (χ4v) is 1.53. The average molecular weight is 186 g/mol. The molecule has 1 atom stereocenters. The van der Waals surface area contributed by atoms with Crippen LogP contribution in [0.1, 0.15) is 0 Å².